The third-order valence-electron chi connectivity index (χ3n) is 5.09. The van der Waals surface area contributed by atoms with Crippen molar-refractivity contribution in [2.75, 3.05) is 19.1 Å². The number of aromatic amines is 1. The summed E-state index contributed by atoms with van der Waals surface area (Å²) >= 11 is 1.48. The van der Waals surface area contributed by atoms with Crippen LogP contribution in [0.5, 0.6) is 0 Å². The highest BCUT2D eigenvalue weighted by Gasteiger charge is 2.32. The van der Waals surface area contributed by atoms with Crippen molar-refractivity contribution in [1.82, 2.24) is 25.9 Å². The molecule has 0 aliphatic carbocycles. The number of methoxy groups -OCH3 is 1. The molecule has 3 atom stereocenters. The van der Waals surface area contributed by atoms with E-state index in [1.54, 1.807) is 41.5 Å². The molecule has 0 unspecified atom stereocenters. The van der Waals surface area contributed by atoms with Gasteiger partial charge >= 0.3 is 18.0 Å². The number of nitrogens with zero attached hydrogens (tertiary/aromatic N) is 1. The highest BCUT2D eigenvalue weighted by atomic mass is 32.2. The van der Waals surface area contributed by atoms with E-state index in [9.17, 15) is 24.0 Å². The number of hydrogen-bond acceptors (Lipinski definition) is 10. The largest absolute Gasteiger partial charge is 0.467 e. The number of carbonyl (C=O) groups excluding carboxylic acids is 5. The predicted molar refractivity (Wildman–Crippen MR) is 149 cm³/mol. The Labute approximate surface area is 239 Å². The minimum atomic E-state index is -1.23. The van der Waals surface area contributed by atoms with Crippen LogP contribution in [0.1, 0.15) is 66.5 Å². The summed E-state index contributed by atoms with van der Waals surface area (Å²) in [5.74, 6) is -2.09. The molecule has 0 radical (unpaired) electrons. The molecule has 0 aliphatic rings. The Morgan fingerprint density at radius 2 is 1.48 bits per heavy atom. The normalized spacial score (nSPS) is 13.8. The maximum Gasteiger partial charge on any atom is 0.408 e. The first-order valence-electron chi connectivity index (χ1n) is 12.9. The summed E-state index contributed by atoms with van der Waals surface area (Å²) in [7, 11) is 1.19. The average molecular weight is 586 g/mol. The van der Waals surface area contributed by atoms with Crippen molar-refractivity contribution >= 4 is 41.6 Å². The fourth-order valence-corrected chi connectivity index (χ4v) is 3.85. The summed E-state index contributed by atoms with van der Waals surface area (Å²) in [4.78, 5) is 70.6. The number of aromatic nitrogens is 2. The molecule has 1 rings (SSSR count). The summed E-state index contributed by atoms with van der Waals surface area (Å²) in [5.41, 5.74) is -0.945. The van der Waals surface area contributed by atoms with Crippen molar-refractivity contribution < 1.29 is 38.2 Å². The van der Waals surface area contributed by atoms with Crippen LogP contribution in [-0.4, -0.2) is 88.3 Å². The Hall–Kier alpha value is -3.29. The molecule has 1 aromatic heterocycles. The molecule has 40 heavy (non-hydrogen) atoms. The summed E-state index contributed by atoms with van der Waals surface area (Å²) in [5, 5.41) is 7.77. The maximum atomic E-state index is 13.4. The van der Waals surface area contributed by atoms with Crippen molar-refractivity contribution in [3.63, 3.8) is 0 Å². The number of alkyl carbamates (subject to hydrolysis) is 1. The van der Waals surface area contributed by atoms with E-state index >= 15 is 0 Å². The highest BCUT2D eigenvalue weighted by Crippen LogP contribution is 2.12. The molecule has 0 aromatic carbocycles. The second-order valence-corrected chi connectivity index (χ2v) is 12.0. The van der Waals surface area contributed by atoms with E-state index in [1.807, 2.05) is 6.26 Å². The number of hydrogen-bond donors (Lipinski definition) is 4. The zero-order chi connectivity index (χ0) is 30.5. The van der Waals surface area contributed by atoms with Crippen LogP contribution in [0.2, 0.25) is 0 Å². The van der Waals surface area contributed by atoms with Crippen LogP contribution in [0.25, 0.3) is 0 Å². The fourth-order valence-electron chi connectivity index (χ4n) is 3.37. The monoisotopic (exact) mass is 585 g/mol. The molecule has 0 saturated heterocycles. The lowest BCUT2D eigenvalue weighted by molar-refractivity contribution is -0.155. The molecule has 0 bridgehead atoms. The van der Waals surface area contributed by atoms with Gasteiger partial charge in [0.15, 0.2) is 0 Å². The lowest BCUT2D eigenvalue weighted by Gasteiger charge is -2.26. The molecule has 226 valence electrons. The first kappa shape index (κ1) is 34.7. The number of rotatable bonds is 14. The molecule has 13 nitrogen and oxygen atoms in total. The zero-order valence-corrected chi connectivity index (χ0v) is 25.4. The van der Waals surface area contributed by atoms with E-state index in [0.717, 1.165) is 0 Å². The lowest BCUT2D eigenvalue weighted by Crippen LogP contribution is -2.56. The zero-order valence-electron chi connectivity index (χ0n) is 24.5. The van der Waals surface area contributed by atoms with Crippen molar-refractivity contribution in [3.8, 4) is 0 Å². The molecule has 0 fully saturated rings. The Kier molecular flexibility index (Phi) is 14.0. The molecule has 14 heteroatoms. The third kappa shape index (κ3) is 14.2. The molecule has 0 aliphatic heterocycles. The van der Waals surface area contributed by atoms with Gasteiger partial charge in [-0.05, 0) is 66.4 Å². The van der Waals surface area contributed by atoms with Gasteiger partial charge in [-0.1, -0.05) is 0 Å². The molecule has 3 amide bonds. The third-order valence-corrected chi connectivity index (χ3v) is 5.73. The molecule has 4 N–H and O–H groups in total. The van der Waals surface area contributed by atoms with E-state index in [2.05, 4.69) is 25.9 Å². The van der Waals surface area contributed by atoms with Crippen molar-refractivity contribution in [2.45, 2.75) is 96.6 Å². The second-order valence-electron chi connectivity index (χ2n) is 11.0. The lowest BCUT2D eigenvalue weighted by atomic mass is 10.1. The molecule has 1 aromatic rings. The van der Waals surface area contributed by atoms with Gasteiger partial charge < -0.3 is 35.1 Å². The second kappa shape index (κ2) is 16.1. The van der Waals surface area contributed by atoms with Crippen LogP contribution in [-0.2, 0) is 39.8 Å². The maximum absolute atomic E-state index is 13.4. The Bertz CT molecular complexity index is 988. The quantitative estimate of drug-likeness (QED) is 0.186. The van der Waals surface area contributed by atoms with Crippen LogP contribution >= 0.6 is 11.8 Å². The van der Waals surface area contributed by atoms with E-state index in [-0.39, 0.29) is 25.7 Å². The molecule has 1 heterocycles. The van der Waals surface area contributed by atoms with Gasteiger partial charge in [0, 0.05) is 24.7 Å². The number of imidazole rings is 1. The number of carbonyl (C=O) groups is 5. The molecule has 0 spiro atoms. The number of nitrogens with one attached hydrogen (secondary N) is 4. The number of thioether (sulfide) groups is 1. The van der Waals surface area contributed by atoms with Crippen LogP contribution in [0.3, 0.4) is 0 Å². The van der Waals surface area contributed by atoms with Crippen molar-refractivity contribution in [1.29, 1.82) is 0 Å². The van der Waals surface area contributed by atoms with Gasteiger partial charge in [0.1, 0.15) is 29.3 Å². The van der Waals surface area contributed by atoms with Crippen LogP contribution in [0.4, 0.5) is 4.79 Å². The summed E-state index contributed by atoms with van der Waals surface area (Å²) in [6.07, 6.45) is 4.02. The first-order chi connectivity index (χ1) is 18.5. The first-order valence-corrected chi connectivity index (χ1v) is 14.3. The summed E-state index contributed by atoms with van der Waals surface area (Å²) in [6, 6.07) is -3.34. The molecule has 0 saturated carbocycles. The highest BCUT2D eigenvalue weighted by molar-refractivity contribution is 7.98. The smallest absolute Gasteiger partial charge is 0.408 e. The van der Waals surface area contributed by atoms with Crippen LogP contribution < -0.4 is 16.0 Å². The minimum absolute atomic E-state index is 0.0572. The SMILES string of the molecule is COC(=O)[C@@H](Cc1cnc[nH]1)NC(=O)[C@H](CCC(=O)OC(C)(C)C)NC(=O)[C@H](CCSC)NC(=O)OC(C)(C)C. The Balaban J connectivity index is 3.13. The number of H-pyrrole nitrogens is 1. The van der Waals surface area contributed by atoms with Crippen LogP contribution in [0.15, 0.2) is 12.5 Å². The van der Waals surface area contributed by atoms with Gasteiger partial charge in [-0.15, -0.1) is 0 Å². The molecular weight excluding hydrogens is 542 g/mol. The van der Waals surface area contributed by atoms with E-state index in [1.165, 1.54) is 31.4 Å². The van der Waals surface area contributed by atoms with Crippen molar-refractivity contribution in [3.05, 3.63) is 18.2 Å². The minimum Gasteiger partial charge on any atom is -0.467 e. The molecular formula is C26H43N5O8S. The topological polar surface area (TPSA) is 178 Å². The van der Waals surface area contributed by atoms with Gasteiger partial charge in [-0.3, -0.25) is 14.4 Å². The number of esters is 2. The van der Waals surface area contributed by atoms with Gasteiger partial charge in [0.2, 0.25) is 11.8 Å². The fraction of sp³-hybridized carbons (Fsp3) is 0.692. The number of amides is 3. The number of ether oxygens (including phenoxy) is 3. The van der Waals surface area contributed by atoms with Crippen molar-refractivity contribution in [2.24, 2.45) is 0 Å². The van der Waals surface area contributed by atoms with Crippen LogP contribution in [0, 0.1) is 0 Å². The summed E-state index contributed by atoms with van der Waals surface area (Å²) < 4.78 is 15.4. The Morgan fingerprint density at radius 3 is 1.98 bits per heavy atom. The standard InChI is InChI=1S/C26H43N5O8S/c1-25(2,3)38-20(32)10-9-17(21(33)30-19(23(35)37-7)13-16-14-27-15-28-16)29-22(34)18(11-12-40-8)31-24(36)39-26(4,5)6/h14-15,17-19H,9-13H2,1-8H3,(H,27,28)(H,29,34)(H,30,33)(H,31,36)/t17-,18-,19+/m0/s1. The van der Waals surface area contributed by atoms with E-state index in [4.69, 9.17) is 14.2 Å². The predicted octanol–water partition coefficient (Wildman–Crippen LogP) is 1.86. The van der Waals surface area contributed by atoms with Gasteiger partial charge in [-0.2, -0.15) is 11.8 Å². The Morgan fingerprint density at radius 1 is 0.900 bits per heavy atom. The summed E-state index contributed by atoms with van der Waals surface area (Å²) in [6.45, 7) is 10.2. The average Bonchev–Trinajstić information content (AvgIpc) is 3.34. The van der Waals surface area contributed by atoms with Gasteiger partial charge in [-0.25, -0.2) is 14.6 Å². The van der Waals surface area contributed by atoms with E-state index in [0.29, 0.717) is 11.4 Å². The van der Waals surface area contributed by atoms with Gasteiger partial charge in [0.05, 0.1) is 13.4 Å². The van der Waals surface area contributed by atoms with Gasteiger partial charge in [0.25, 0.3) is 0 Å². The van der Waals surface area contributed by atoms with E-state index < -0.39 is 59.2 Å².